The second-order valence-electron chi connectivity index (χ2n) is 14.0. The largest absolute Gasteiger partial charge is 0.493 e. The molecule has 1 amide bonds. The highest BCUT2D eigenvalue weighted by molar-refractivity contribution is 5.70. The fourth-order valence-electron chi connectivity index (χ4n) is 6.16. The van der Waals surface area contributed by atoms with E-state index in [4.69, 9.17) is 23.7 Å². The van der Waals surface area contributed by atoms with E-state index in [2.05, 4.69) is 39.8 Å². The Hall–Kier alpha value is -2.81. The monoisotopic (exact) mass is 627 g/mol. The molecule has 0 bridgehead atoms. The lowest BCUT2D eigenvalue weighted by Crippen LogP contribution is -2.47. The number of methoxy groups -OCH3 is 2. The molecule has 8 nitrogen and oxygen atoms in total. The topological polar surface area (TPSA) is 86.7 Å². The summed E-state index contributed by atoms with van der Waals surface area (Å²) in [6.45, 7) is 16.4. The van der Waals surface area contributed by atoms with Crippen molar-refractivity contribution in [2.75, 3.05) is 34.0 Å². The third-order valence-corrected chi connectivity index (χ3v) is 8.69. The van der Waals surface area contributed by atoms with Gasteiger partial charge in [0.2, 0.25) is 0 Å². The minimum atomic E-state index is -0.750. The summed E-state index contributed by atoms with van der Waals surface area (Å²) in [6, 6.07) is 15.3. The smallest absolute Gasteiger partial charge is 0.411 e. The molecule has 3 rings (SSSR count). The van der Waals surface area contributed by atoms with Gasteiger partial charge in [0.25, 0.3) is 0 Å². The highest BCUT2D eigenvalue weighted by Crippen LogP contribution is 2.48. The van der Waals surface area contributed by atoms with E-state index in [9.17, 15) is 9.90 Å². The Morgan fingerprint density at radius 3 is 2.31 bits per heavy atom. The highest BCUT2D eigenvalue weighted by atomic mass is 16.6. The molecule has 0 unspecified atom stereocenters. The summed E-state index contributed by atoms with van der Waals surface area (Å²) in [5.74, 6) is 2.01. The number of hydrogen-bond acceptors (Lipinski definition) is 7. The number of benzene rings is 2. The molecule has 1 aliphatic heterocycles. The fraction of sp³-hybridized carbons (Fsp3) is 0.649. The minimum Gasteiger partial charge on any atom is -0.493 e. The predicted octanol–water partition coefficient (Wildman–Crippen LogP) is 7.67. The van der Waals surface area contributed by atoms with Gasteiger partial charge in [-0.1, -0.05) is 64.1 Å². The van der Waals surface area contributed by atoms with Crippen LogP contribution in [0.4, 0.5) is 4.79 Å². The van der Waals surface area contributed by atoms with E-state index in [1.807, 2.05) is 57.2 Å². The van der Waals surface area contributed by atoms with Gasteiger partial charge in [-0.25, -0.2) is 4.79 Å². The van der Waals surface area contributed by atoms with Gasteiger partial charge >= 0.3 is 6.09 Å². The van der Waals surface area contributed by atoms with Gasteiger partial charge in [0.1, 0.15) is 5.60 Å². The summed E-state index contributed by atoms with van der Waals surface area (Å²) in [5.41, 5.74) is 1.37. The quantitative estimate of drug-likeness (QED) is 0.191. The SMILES string of the molecule is COCCCOc1cc([C@H]2[C@H](C(C)C)C[C@@H]([C@@H](O)C[C@H](COCc3ccccc3)C(C)C)N2C(=O)OC(C)(C)C)ccc1OC. The first-order valence-electron chi connectivity index (χ1n) is 16.5. The van der Waals surface area contributed by atoms with E-state index < -0.39 is 23.8 Å². The zero-order valence-corrected chi connectivity index (χ0v) is 29.0. The molecular weight excluding hydrogens is 570 g/mol. The number of amides is 1. The molecule has 1 heterocycles. The van der Waals surface area contributed by atoms with Crippen LogP contribution in [0.1, 0.15) is 84.9 Å². The molecule has 1 N–H and O–H groups in total. The number of carbonyl (C=O) groups is 1. The molecule has 2 aromatic rings. The van der Waals surface area contributed by atoms with E-state index in [0.29, 0.717) is 56.7 Å². The van der Waals surface area contributed by atoms with Crippen LogP contribution in [0.15, 0.2) is 48.5 Å². The molecule has 1 fully saturated rings. The lowest BCUT2D eigenvalue weighted by atomic mass is 9.83. The maximum absolute atomic E-state index is 14.0. The van der Waals surface area contributed by atoms with E-state index in [0.717, 1.165) is 17.5 Å². The van der Waals surface area contributed by atoms with Crippen molar-refractivity contribution < 1.29 is 33.6 Å². The molecule has 0 spiro atoms. The first-order valence-corrected chi connectivity index (χ1v) is 16.5. The number of likely N-dealkylation sites (tertiary alicyclic amines) is 1. The van der Waals surface area contributed by atoms with Gasteiger partial charge in [-0.15, -0.1) is 0 Å². The molecule has 1 aliphatic rings. The molecule has 8 heteroatoms. The van der Waals surface area contributed by atoms with Crippen LogP contribution in [-0.4, -0.2) is 67.9 Å². The van der Waals surface area contributed by atoms with Crippen molar-refractivity contribution >= 4 is 6.09 Å². The molecule has 0 saturated carbocycles. The summed E-state index contributed by atoms with van der Waals surface area (Å²) < 4.78 is 29.0. The van der Waals surface area contributed by atoms with Gasteiger partial charge in [0.15, 0.2) is 11.5 Å². The molecule has 0 aromatic heterocycles. The van der Waals surface area contributed by atoms with Crippen LogP contribution in [0.2, 0.25) is 0 Å². The van der Waals surface area contributed by atoms with E-state index in [-0.39, 0.29) is 23.8 Å². The number of nitrogens with zero attached hydrogens (tertiary/aromatic N) is 1. The first kappa shape index (κ1) is 36.7. The van der Waals surface area contributed by atoms with E-state index >= 15 is 0 Å². The highest BCUT2D eigenvalue weighted by Gasteiger charge is 2.50. The molecule has 0 aliphatic carbocycles. The molecule has 1 saturated heterocycles. The van der Waals surface area contributed by atoms with Crippen LogP contribution in [0, 0.1) is 23.7 Å². The Bertz CT molecular complexity index is 1160. The second-order valence-corrected chi connectivity index (χ2v) is 14.0. The molecule has 5 atom stereocenters. The number of rotatable bonds is 16. The van der Waals surface area contributed by atoms with E-state index in [1.165, 1.54) is 0 Å². The van der Waals surface area contributed by atoms with Crippen molar-refractivity contribution in [2.24, 2.45) is 23.7 Å². The number of aliphatic hydroxyl groups is 1. The number of hydrogen-bond donors (Lipinski definition) is 1. The summed E-state index contributed by atoms with van der Waals surface area (Å²) in [7, 11) is 3.29. The molecule has 0 radical (unpaired) electrons. The Morgan fingerprint density at radius 2 is 1.71 bits per heavy atom. The number of ether oxygens (including phenoxy) is 5. The maximum Gasteiger partial charge on any atom is 0.411 e. The normalized spacial score (nSPS) is 20.0. The van der Waals surface area contributed by atoms with Crippen molar-refractivity contribution in [3.8, 4) is 11.5 Å². The Morgan fingerprint density at radius 1 is 1.00 bits per heavy atom. The third-order valence-electron chi connectivity index (χ3n) is 8.69. The zero-order chi connectivity index (χ0) is 33.1. The molecule has 2 aromatic carbocycles. The third kappa shape index (κ3) is 10.6. The fourth-order valence-corrected chi connectivity index (χ4v) is 6.16. The first-order chi connectivity index (χ1) is 21.4. The molecule has 252 valence electrons. The van der Waals surface area contributed by atoms with Gasteiger partial charge in [0.05, 0.1) is 45.1 Å². The van der Waals surface area contributed by atoms with Crippen molar-refractivity contribution in [1.82, 2.24) is 4.90 Å². The summed E-state index contributed by atoms with van der Waals surface area (Å²) in [6.07, 6.45) is 0.754. The van der Waals surface area contributed by atoms with Crippen LogP contribution in [0.3, 0.4) is 0 Å². The van der Waals surface area contributed by atoms with Gasteiger partial charge in [-0.05, 0) is 80.5 Å². The minimum absolute atomic E-state index is 0.0961. The average Bonchev–Trinajstić information content (AvgIpc) is 3.40. The standard InChI is InChI=1S/C37H57NO7/c1-25(2)29(24-43-23-27-14-11-10-12-15-27)20-32(39)31-22-30(26(3)4)35(38(31)36(40)45-37(5,6)7)28-16-17-33(42-9)34(21-28)44-19-13-18-41-8/h10-12,14-17,21,25-26,29-32,35,39H,13,18-20,22-24H2,1-9H3/t29-,30+,31+,32+,35+/m1/s1. The van der Waals surface area contributed by atoms with Crippen LogP contribution in [-0.2, 0) is 20.8 Å². The van der Waals surface area contributed by atoms with Crippen LogP contribution < -0.4 is 9.47 Å². The van der Waals surface area contributed by atoms with Crippen LogP contribution >= 0.6 is 0 Å². The Kier molecular flexibility index (Phi) is 14.0. The number of aliphatic hydroxyl groups excluding tert-OH is 1. The van der Waals surface area contributed by atoms with Crippen LogP contribution in [0.5, 0.6) is 11.5 Å². The molecule has 45 heavy (non-hydrogen) atoms. The summed E-state index contributed by atoms with van der Waals surface area (Å²) >= 11 is 0. The van der Waals surface area contributed by atoms with Crippen LogP contribution in [0.25, 0.3) is 0 Å². The van der Waals surface area contributed by atoms with Crippen molar-refractivity contribution in [1.29, 1.82) is 0 Å². The van der Waals surface area contributed by atoms with Crippen molar-refractivity contribution in [2.45, 2.75) is 98.1 Å². The van der Waals surface area contributed by atoms with Gasteiger partial charge in [0, 0.05) is 20.1 Å². The molecular formula is C37H57NO7. The van der Waals surface area contributed by atoms with Crippen molar-refractivity contribution in [3.63, 3.8) is 0 Å². The average molecular weight is 628 g/mol. The van der Waals surface area contributed by atoms with E-state index in [1.54, 1.807) is 19.1 Å². The number of carbonyl (C=O) groups excluding carboxylic acids is 1. The maximum atomic E-state index is 14.0. The van der Waals surface area contributed by atoms with Gasteiger partial charge < -0.3 is 28.8 Å². The second kappa shape index (κ2) is 17.2. The predicted molar refractivity (Wildman–Crippen MR) is 178 cm³/mol. The lowest BCUT2D eigenvalue weighted by Gasteiger charge is -2.37. The van der Waals surface area contributed by atoms with Gasteiger partial charge in [-0.2, -0.15) is 0 Å². The summed E-state index contributed by atoms with van der Waals surface area (Å²) in [5, 5.41) is 11.9. The summed E-state index contributed by atoms with van der Waals surface area (Å²) in [4.78, 5) is 15.8. The Labute approximate surface area is 271 Å². The van der Waals surface area contributed by atoms with Gasteiger partial charge in [-0.3, -0.25) is 4.90 Å². The lowest BCUT2D eigenvalue weighted by molar-refractivity contribution is -0.0175. The zero-order valence-electron chi connectivity index (χ0n) is 29.0. The Balaban J connectivity index is 1.92. The van der Waals surface area contributed by atoms with Crippen molar-refractivity contribution in [3.05, 3.63) is 59.7 Å².